The molecule has 0 aliphatic carbocycles. The molecule has 1 aliphatic heterocycles. The minimum Gasteiger partial charge on any atom is -0.427 e. The monoisotopic (exact) mass is 339 g/mol. The van der Waals surface area contributed by atoms with Crippen LogP contribution in [0.2, 0.25) is 0 Å². The first-order valence-corrected chi connectivity index (χ1v) is 7.36. The number of ether oxygens (including phenoxy) is 2. The highest BCUT2D eigenvalue weighted by atomic mass is 16.5. The molecule has 0 saturated heterocycles. The maximum atomic E-state index is 12.6. The highest BCUT2D eigenvalue weighted by molar-refractivity contribution is 6.34. The summed E-state index contributed by atoms with van der Waals surface area (Å²) in [5.41, 5.74) is 0.624. The number of hydrogen-bond donors (Lipinski definition) is 0. The molecule has 1 aliphatic rings. The van der Waals surface area contributed by atoms with Gasteiger partial charge in [0.15, 0.2) is 0 Å². The highest BCUT2D eigenvalue weighted by Gasteiger charge is 2.37. The molecule has 3 rings (SSSR count). The van der Waals surface area contributed by atoms with Crippen molar-refractivity contribution in [3.05, 3.63) is 53.6 Å². The van der Waals surface area contributed by atoms with Crippen LogP contribution in [0.15, 0.2) is 42.5 Å². The standard InChI is InChI=1S/C18H13NO6/c1-10(20)24-13-5-3-4-12(8-13)19-17(22)15-7-6-14(25-11(2)21)9-16(15)18(19)23/h3-9H,1-2H3. The second-order valence-electron chi connectivity index (χ2n) is 5.34. The first-order chi connectivity index (χ1) is 11.9. The van der Waals surface area contributed by atoms with Gasteiger partial charge in [0.25, 0.3) is 11.8 Å². The molecule has 0 unspecified atom stereocenters. The zero-order valence-corrected chi connectivity index (χ0v) is 13.4. The quantitative estimate of drug-likeness (QED) is 0.484. The molecule has 0 bridgehead atoms. The first-order valence-electron chi connectivity index (χ1n) is 7.36. The predicted molar refractivity (Wildman–Crippen MR) is 86.6 cm³/mol. The van der Waals surface area contributed by atoms with E-state index >= 15 is 0 Å². The van der Waals surface area contributed by atoms with E-state index in [0.29, 0.717) is 0 Å². The number of hydrogen-bond acceptors (Lipinski definition) is 6. The molecule has 0 radical (unpaired) electrons. The lowest BCUT2D eigenvalue weighted by molar-refractivity contribution is -0.132. The van der Waals surface area contributed by atoms with Gasteiger partial charge in [0.05, 0.1) is 16.8 Å². The van der Waals surface area contributed by atoms with Crippen molar-refractivity contribution in [2.24, 2.45) is 0 Å². The molecule has 0 fully saturated rings. The fourth-order valence-electron chi connectivity index (χ4n) is 2.54. The number of amides is 2. The first kappa shape index (κ1) is 16.4. The molecule has 1 heterocycles. The van der Waals surface area contributed by atoms with E-state index in [1.807, 2.05) is 0 Å². The van der Waals surface area contributed by atoms with Gasteiger partial charge in [0.1, 0.15) is 11.5 Å². The van der Waals surface area contributed by atoms with E-state index in [4.69, 9.17) is 9.47 Å². The molecule has 2 aromatic carbocycles. The smallest absolute Gasteiger partial charge is 0.308 e. The summed E-state index contributed by atoms with van der Waals surface area (Å²) in [4.78, 5) is 48.3. The lowest BCUT2D eigenvalue weighted by Crippen LogP contribution is -2.29. The summed E-state index contributed by atoms with van der Waals surface area (Å²) in [6, 6.07) is 10.3. The molecule has 0 aromatic heterocycles. The van der Waals surface area contributed by atoms with E-state index in [0.717, 1.165) is 4.90 Å². The molecule has 7 heteroatoms. The van der Waals surface area contributed by atoms with Crippen LogP contribution in [0.25, 0.3) is 0 Å². The molecule has 2 aromatic rings. The summed E-state index contributed by atoms with van der Waals surface area (Å²) >= 11 is 0. The van der Waals surface area contributed by atoms with Crippen LogP contribution < -0.4 is 14.4 Å². The zero-order valence-electron chi connectivity index (χ0n) is 13.4. The van der Waals surface area contributed by atoms with Crippen LogP contribution in [0, 0.1) is 0 Å². The number of carbonyl (C=O) groups is 4. The number of anilines is 1. The van der Waals surface area contributed by atoms with Crippen molar-refractivity contribution in [3.63, 3.8) is 0 Å². The SMILES string of the molecule is CC(=O)Oc1cccc(N2C(=O)c3ccc(OC(C)=O)cc3C2=O)c1. The third-order valence-corrected chi connectivity index (χ3v) is 3.46. The topological polar surface area (TPSA) is 90.0 Å². The number of fused-ring (bicyclic) bond motifs is 1. The van der Waals surface area contributed by atoms with Crippen molar-refractivity contribution in [2.75, 3.05) is 4.90 Å². The number of rotatable bonds is 3. The summed E-state index contributed by atoms with van der Waals surface area (Å²) in [6.45, 7) is 2.50. The lowest BCUT2D eigenvalue weighted by Gasteiger charge is -2.14. The van der Waals surface area contributed by atoms with Crippen LogP contribution in [0.1, 0.15) is 34.6 Å². The Bertz CT molecular complexity index is 918. The summed E-state index contributed by atoms with van der Waals surface area (Å²) in [5, 5.41) is 0. The molecule has 0 spiro atoms. The normalized spacial score (nSPS) is 12.8. The van der Waals surface area contributed by atoms with Crippen LogP contribution in [-0.2, 0) is 9.59 Å². The summed E-state index contributed by atoms with van der Waals surface area (Å²) < 4.78 is 9.93. The van der Waals surface area contributed by atoms with E-state index in [-0.39, 0.29) is 28.3 Å². The summed E-state index contributed by atoms with van der Waals surface area (Å²) in [7, 11) is 0. The molecule has 2 amide bonds. The van der Waals surface area contributed by atoms with E-state index in [1.54, 1.807) is 18.2 Å². The maximum Gasteiger partial charge on any atom is 0.308 e. The Morgan fingerprint density at radius 1 is 0.800 bits per heavy atom. The van der Waals surface area contributed by atoms with Gasteiger partial charge in [-0.05, 0) is 30.3 Å². The Hall–Kier alpha value is -3.48. The van der Waals surface area contributed by atoms with Crippen molar-refractivity contribution >= 4 is 29.4 Å². The molecule has 7 nitrogen and oxygen atoms in total. The third kappa shape index (κ3) is 3.12. The highest BCUT2D eigenvalue weighted by Crippen LogP contribution is 2.32. The Morgan fingerprint density at radius 2 is 1.40 bits per heavy atom. The summed E-state index contributed by atoms with van der Waals surface area (Å²) in [5.74, 6) is -1.68. The van der Waals surface area contributed by atoms with Crippen LogP contribution in [0.4, 0.5) is 5.69 Å². The minimum atomic E-state index is -0.547. The Kier molecular flexibility index (Phi) is 4.06. The number of esters is 2. The Balaban J connectivity index is 1.97. The van der Waals surface area contributed by atoms with E-state index < -0.39 is 23.8 Å². The van der Waals surface area contributed by atoms with Gasteiger partial charge in [0.2, 0.25) is 0 Å². The van der Waals surface area contributed by atoms with Gasteiger partial charge in [-0.1, -0.05) is 6.07 Å². The minimum absolute atomic E-state index is 0.140. The number of imide groups is 1. The van der Waals surface area contributed by atoms with Crippen molar-refractivity contribution in [3.8, 4) is 11.5 Å². The molecule has 0 N–H and O–H groups in total. The van der Waals surface area contributed by atoms with Crippen molar-refractivity contribution in [2.45, 2.75) is 13.8 Å². The van der Waals surface area contributed by atoms with Crippen LogP contribution in [0.5, 0.6) is 11.5 Å². The van der Waals surface area contributed by atoms with Gasteiger partial charge >= 0.3 is 11.9 Å². The average molecular weight is 339 g/mol. The molecule has 0 saturated carbocycles. The Morgan fingerprint density at radius 3 is 2.04 bits per heavy atom. The summed E-state index contributed by atoms with van der Waals surface area (Å²) in [6.07, 6.45) is 0. The third-order valence-electron chi connectivity index (χ3n) is 3.46. The second kappa shape index (κ2) is 6.20. The molecule has 25 heavy (non-hydrogen) atoms. The largest absolute Gasteiger partial charge is 0.427 e. The fourth-order valence-corrected chi connectivity index (χ4v) is 2.54. The van der Waals surface area contributed by atoms with Crippen molar-refractivity contribution in [1.82, 2.24) is 0 Å². The molecular weight excluding hydrogens is 326 g/mol. The fraction of sp³-hybridized carbons (Fsp3) is 0.111. The van der Waals surface area contributed by atoms with Gasteiger partial charge < -0.3 is 9.47 Å². The average Bonchev–Trinajstić information content (AvgIpc) is 2.77. The van der Waals surface area contributed by atoms with E-state index in [2.05, 4.69) is 0 Å². The maximum absolute atomic E-state index is 12.6. The van der Waals surface area contributed by atoms with Gasteiger partial charge in [0, 0.05) is 19.9 Å². The Labute approximate surface area is 142 Å². The molecular formula is C18H13NO6. The zero-order chi connectivity index (χ0) is 18.1. The van der Waals surface area contributed by atoms with E-state index in [9.17, 15) is 19.2 Å². The molecule has 126 valence electrons. The van der Waals surface area contributed by atoms with Gasteiger partial charge in [-0.25, -0.2) is 4.90 Å². The van der Waals surface area contributed by atoms with E-state index in [1.165, 1.54) is 38.1 Å². The number of nitrogens with zero attached hydrogens (tertiary/aromatic N) is 1. The van der Waals surface area contributed by atoms with Gasteiger partial charge in [-0.3, -0.25) is 19.2 Å². The molecule has 0 atom stereocenters. The van der Waals surface area contributed by atoms with Crippen molar-refractivity contribution < 1.29 is 28.7 Å². The van der Waals surface area contributed by atoms with Gasteiger partial charge in [-0.2, -0.15) is 0 Å². The van der Waals surface area contributed by atoms with Crippen LogP contribution in [0.3, 0.4) is 0 Å². The van der Waals surface area contributed by atoms with Crippen LogP contribution in [-0.4, -0.2) is 23.8 Å². The number of benzene rings is 2. The predicted octanol–water partition coefficient (Wildman–Crippen LogP) is 2.34. The second-order valence-corrected chi connectivity index (χ2v) is 5.34. The lowest BCUT2D eigenvalue weighted by atomic mass is 10.1. The number of carbonyl (C=O) groups excluding carboxylic acids is 4. The van der Waals surface area contributed by atoms with Gasteiger partial charge in [-0.15, -0.1) is 0 Å². The van der Waals surface area contributed by atoms with Crippen molar-refractivity contribution in [1.29, 1.82) is 0 Å². The van der Waals surface area contributed by atoms with Crippen LogP contribution >= 0.6 is 0 Å².